The molecule has 0 amide bonds. The number of hydrogen-bond donors (Lipinski definition) is 1. The third-order valence-electron chi connectivity index (χ3n) is 4.33. The Hall–Kier alpha value is -0.870. The van der Waals surface area contributed by atoms with E-state index >= 15 is 0 Å². The maximum absolute atomic E-state index is 11.5. The van der Waals surface area contributed by atoms with Gasteiger partial charge in [0.15, 0.2) is 0 Å². The van der Waals surface area contributed by atoms with Crippen molar-refractivity contribution in [1.82, 2.24) is 4.90 Å². The maximum atomic E-state index is 11.5. The molecule has 1 fully saturated rings. The third-order valence-corrected chi connectivity index (χ3v) is 5.34. The molecule has 1 saturated heterocycles. The highest BCUT2D eigenvalue weighted by atomic mass is 32.1. The van der Waals surface area contributed by atoms with Crippen LogP contribution < -0.4 is 0 Å². The summed E-state index contributed by atoms with van der Waals surface area (Å²) in [5.41, 5.74) is 0.893. The molecule has 4 heteroatoms. The minimum atomic E-state index is -0.596. The quantitative estimate of drug-likeness (QED) is 0.897. The van der Waals surface area contributed by atoms with Gasteiger partial charge in [0, 0.05) is 11.4 Å². The van der Waals surface area contributed by atoms with Gasteiger partial charge in [0.05, 0.1) is 5.41 Å². The van der Waals surface area contributed by atoms with Crippen LogP contribution in [0.5, 0.6) is 0 Å². The number of carboxylic acids is 1. The SMILES string of the molecule is CCCC1(C(=O)O)CCN(Cc2sccc2C)CC1. The van der Waals surface area contributed by atoms with Crippen molar-refractivity contribution in [1.29, 1.82) is 0 Å². The summed E-state index contributed by atoms with van der Waals surface area (Å²) in [6.45, 7) is 7.01. The molecule has 1 aliphatic rings. The summed E-state index contributed by atoms with van der Waals surface area (Å²) in [5, 5.41) is 11.6. The average molecular weight is 281 g/mol. The topological polar surface area (TPSA) is 40.5 Å². The standard InChI is InChI=1S/C15H23NO2S/c1-3-5-15(14(17)18)6-8-16(9-7-15)11-13-12(2)4-10-19-13/h4,10H,3,5-9,11H2,1-2H3,(H,17,18). The second kappa shape index (κ2) is 6.06. The van der Waals surface area contributed by atoms with Crippen molar-refractivity contribution in [3.05, 3.63) is 21.9 Å². The lowest BCUT2D eigenvalue weighted by Crippen LogP contribution is -2.44. The van der Waals surface area contributed by atoms with Crippen LogP contribution in [0.25, 0.3) is 0 Å². The predicted molar refractivity (Wildman–Crippen MR) is 78.5 cm³/mol. The average Bonchev–Trinajstić information content (AvgIpc) is 2.78. The van der Waals surface area contributed by atoms with E-state index in [-0.39, 0.29) is 0 Å². The zero-order valence-corrected chi connectivity index (χ0v) is 12.6. The van der Waals surface area contributed by atoms with Crippen molar-refractivity contribution in [2.75, 3.05) is 13.1 Å². The molecule has 2 rings (SSSR count). The van der Waals surface area contributed by atoms with Gasteiger partial charge in [-0.1, -0.05) is 13.3 Å². The number of thiophene rings is 1. The molecule has 19 heavy (non-hydrogen) atoms. The second-order valence-electron chi connectivity index (χ2n) is 5.64. The zero-order chi connectivity index (χ0) is 13.9. The fourth-order valence-corrected chi connectivity index (χ4v) is 3.91. The largest absolute Gasteiger partial charge is 0.481 e. The van der Waals surface area contributed by atoms with Crippen LogP contribution >= 0.6 is 11.3 Å². The van der Waals surface area contributed by atoms with E-state index in [9.17, 15) is 9.90 Å². The molecule has 0 aromatic carbocycles. The summed E-state index contributed by atoms with van der Waals surface area (Å²) in [4.78, 5) is 15.3. The molecule has 1 aromatic heterocycles. The Kier molecular flexibility index (Phi) is 4.63. The number of rotatable bonds is 5. The molecule has 1 aliphatic heterocycles. The van der Waals surface area contributed by atoms with Crippen molar-refractivity contribution in [3.8, 4) is 0 Å². The van der Waals surface area contributed by atoms with Crippen molar-refractivity contribution < 1.29 is 9.90 Å². The van der Waals surface area contributed by atoms with Crippen LogP contribution in [0.3, 0.4) is 0 Å². The summed E-state index contributed by atoms with van der Waals surface area (Å²) in [6.07, 6.45) is 3.35. The van der Waals surface area contributed by atoms with E-state index in [0.29, 0.717) is 0 Å². The van der Waals surface area contributed by atoms with Gasteiger partial charge >= 0.3 is 5.97 Å². The first kappa shape index (κ1) is 14.5. The maximum Gasteiger partial charge on any atom is 0.309 e. The molecule has 3 nitrogen and oxygen atoms in total. The van der Waals surface area contributed by atoms with Crippen molar-refractivity contribution in [2.24, 2.45) is 5.41 Å². The fourth-order valence-electron chi connectivity index (χ4n) is 2.96. The van der Waals surface area contributed by atoms with E-state index in [0.717, 1.165) is 45.3 Å². The van der Waals surface area contributed by atoms with Gasteiger partial charge in [-0.3, -0.25) is 9.69 Å². The predicted octanol–water partition coefficient (Wildman–Crippen LogP) is 3.52. The summed E-state index contributed by atoms with van der Waals surface area (Å²) in [6, 6.07) is 2.16. The molecule has 0 bridgehead atoms. The summed E-state index contributed by atoms with van der Waals surface area (Å²) < 4.78 is 0. The lowest BCUT2D eigenvalue weighted by molar-refractivity contribution is -0.152. The Balaban J connectivity index is 1.94. The van der Waals surface area contributed by atoms with E-state index in [4.69, 9.17) is 0 Å². The summed E-state index contributed by atoms with van der Waals surface area (Å²) in [7, 11) is 0. The molecular weight excluding hydrogens is 258 g/mol. The van der Waals surface area contributed by atoms with Crippen molar-refractivity contribution >= 4 is 17.3 Å². The first-order valence-corrected chi connectivity index (χ1v) is 7.94. The molecule has 0 atom stereocenters. The highest BCUT2D eigenvalue weighted by Gasteiger charge is 2.40. The van der Waals surface area contributed by atoms with E-state index in [2.05, 4.69) is 30.2 Å². The van der Waals surface area contributed by atoms with Gasteiger partial charge in [0.1, 0.15) is 0 Å². The molecule has 2 heterocycles. The van der Waals surface area contributed by atoms with Gasteiger partial charge in [-0.05, 0) is 56.3 Å². The van der Waals surface area contributed by atoms with E-state index in [1.165, 1.54) is 10.4 Å². The van der Waals surface area contributed by atoms with Crippen LogP contribution in [0, 0.1) is 12.3 Å². The number of carboxylic acid groups (broad SMARTS) is 1. The molecule has 0 aliphatic carbocycles. The second-order valence-corrected chi connectivity index (χ2v) is 6.64. The number of aryl methyl sites for hydroxylation is 1. The molecule has 106 valence electrons. The Bertz CT molecular complexity index is 433. The van der Waals surface area contributed by atoms with Crippen LogP contribution in [-0.2, 0) is 11.3 Å². The number of aliphatic carboxylic acids is 1. The third kappa shape index (κ3) is 3.18. The number of piperidine rings is 1. The van der Waals surface area contributed by atoms with E-state index < -0.39 is 11.4 Å². The zero-order valence-electron chi connectivity index (χ0n) is 11.8. The molecule has 1 N–H and O–H groups in total. The smallest absolute Gasteiger partial charge is 0.309 e. The minimum absolute atomic E-state index is 0.463. The van der Waals surface area contributed by atoms with Gasteiger partial charge in [0.2, 0.25) is 0 Å². The summed E-state index contributed by atoms with van der Waals surface area (Å²) in [5.74, 6) is -0.596. The Labute approximate surface area is 119 Å². The van der Waals surface area contributed by atoms with Gasteiger partial charge in [-0.2, -0.15) is 0 Å². The Morgan fingerprint density at radius 3 is 2.63 bits per heavy atom. The molecule has 0 unspecified atom stereocenters. The van der Waals surface area contributed by atoms with Crippen LogP contribution in [-0.4, -0.2) is 29.1 Å². The summed E-state index contributed by atoms with van der Waals surface area (Å²) >= 11 is 1.80. The monoisotopic (exact) mass is 281 g/mol. The number of hydrogen-bond acceptors (Lipinski definition) is 3. The lowest BCUT2D eigenvalue weighted by atomic mass is 9.75. The van der Waals surface area contributed by atoms with Crippen LogP contribution in [0.15, 0.2) is 11.4 Å². The first-order valence-electron chi connectivity index (χ1n) is 7.06. The minimum Gasteiger partial charge on any atom is -0.481 e. The van der Waals surface area contributed by atoms with Gasteiger partial charge in [-0.15, -0.1) is 11.3 Å². The molecule has 0 saturated carbocycles. The van der Waals surface area contributed by atoms with Gasteiger partial charge < -0.3 is 5.11 Å². The lowest BCUT2D eigenvalue weighted by Gasteiger charge is -2.38. The first-order chi connectivity index (χ1) is 9.07. The molecule has 0 radical (unpaired) electrons. The molecule has 1 aromatic rings. The Morgan fingerprint density at radius 1 is 1.47 bits per heavy atom. The highest BCUT2D eigenvalue weighted by Crippen LogP contribution is 2.37. The van der Waals surface area contributed by atoms with Crippen LogP contribution in [0.1, 0.15) is 43.0 Å². The molecular formula is C15H23NO2S. The van der Waals surface area contributed by atoms with Gasteiger partial charge in [0.25, 0.3) is 0 Å². The fraction of sp³-hybridized carbons (Fsp3) is 0.667. The van der Waals surface area contributed by atoms with E-state index in [1.807, 2.05) is 0 Å². The van der Waals surface area contributed by atoms with Crippen LogP contribution in [0.2, 0.25) is 0 Å². The van der Waals surface area contributed by atoms with Crippen molar-refractivity contribution in [3.63, 3.8) is 0 Å². The number of nitrogens with zero attached hydrogens (tertiary/aromatic N) is 1. The molecule has 0 spiro atoms. The van der Waals surface area contributed by atoms with E-state index in [1.54, 1.807) is 11.3 Å². The van der Waals surface area contributed by atoms with Gasteiger partial charge in [-0.25, -0.2) is 0 Å². The van der Waals surface area contributed by atoms with Crippen molar-refractivity contribution in [2.45, 2.75) is 46.1 Å². The highest BCUT2D eigenvalue weighted by molar-refractivity contribution is 7.10. The number of carbonyl (C=O) groups is 1. The van der Waals surface area contributed by atoms with Crippen LogP contribution in [0.4, 0.5) is 0 Å². The Morgan fingerprint density at radius 2 is 2.16 bits per heavy atom. The normalized spacial score (nSPS) is 19.5. The number of likely N-dealkylation sites (tertiary alicyclic amines) is 1.